The lowest BCUT2D eigenvalue weighted by atomic mass is 10.1. The summed E-state index contributed by atoms with van der Waals surface area (Å²) in [7, 11) is 1.53. The summed E-state index contributed by atoms with van der Waals surface area (Å²) >= 11 is 0. The number of hydrogen-bond acceptors (Lipinski definition) is 2. The lowest BCUT2D eigenvalue weighted by molar-refractivity contribution is 0.102. The number of hydrogen-bond donors (Lipinski definition) is 1. The molecule has 1 unspecified atom stereocenters. The van der Waals surface area contributed by atoms with Gasteiger partial charge in [-0.15, -0.1) is 0 Å². The zero-order chi connectivity index (χ0) is 11.5. The maximum absolute atomic E-state index is 12.7. The van der Waals surface area contributed by atoms with Crippen molar-refractivity contribution in [2.45, 2.75) is 12.5 Å². The molecule has 1 aromatic carbocycles. The van der Waals surface area contributed by atoms with Gasteiger partial charge in [0.25, 0.3) is 6.43 Å². The molecule has 1 atom stereocenters. The Kier molecular flexibility index (Phi) is 3.10. The van der Waals surface area contributed by atoms with Gasteiger partial charge in [-0.1, -0.05) is 18.2 Å². The Balaban J connectivity index is 2.45. The zero-order valence-electron chi connectivity index (χ0n) is 8.82. The number of aromatic nitrogens is 1. The van der Waals surface area contributed by atoms with Crippen LogP contribution in [0.4, 0.5) is 8.78 Å². The third-order valence-electron chi connectivity index (χ3n) is 2.55. The van der Waals surface area contributed by atoms with Gasteiger partial charge in [-0.25, -0.2) is 8.78 Å². The fraction of sp³-hybridized carbons (Fsp3) is 0.250. The molecule has 0 aliphatic carbocycles. The van der Waals surface area contributed by atoms with Crippen LogP contribution in [0.5, 0.6) is 0 Å². The van der Waals surface area contributed by atoms with E-state index in [1.165, 1.54) is 7.05 Å². The summed E-state index contributed by atoms with van der Waals surface area (Å²) in [6.45, 7) is 0. The molecule has 0 radical (unpaired) electrons. The Labute approximate surface area is 92.3 Å². The van der Waals surface area contributed by atoms with E-state index in [9.17, 15) is 8.78 Å². The van der Waals surface area contributed by atoms with E-state index in [0.717, 1.165) is 10.9 Å². The molecule has 2 aromatic rings. The molecule has 16 heavy (non-hydrogen) atoms. The third kappa shape index (κ3) is 2.02. The molecule has 4 heteroatoms. The van der Waals surface area contributed by atoms with Crippen molar-refractivity contribution in [2.75, 3.05) is 7.05 Å². The molecule has 1 aromatic heterocycles. The van der Waals surface area contributed by atoms with Crippen molar-refractivity contribution in [3.8, 4) is 0 Å². The fourth-order valence-corrected chi connectivity index (χ4v) is 1.72. The highest BCUT2D eigenvalue weighted by Crippen LogP contribution is 2.23. The van der Waals surface area contributed by atoms with Gasteiger partial charge in [-0.05, 0) is 24.7 Å². The molecule has 0 aliphatic heterocycles. The van der Waals surface area contributed by atoms with Gasteiger partial charge in [0.05, 0.1) is 11.6 Å². The van der Waals surface area contributed by atoms with Crippen LogP contribution < -0.4 is 5.32 Å². The average Bonchev–Trinajstić information content (AvgIpc) is 2.29. The Bertz CT molecular complexity index is 485. The van der Waals surface area contributed by atoms with E-state index in [0.29, 0.717) is 5.56 Å². The van der Waals surface area contributed by atoms with Crippen LogP contribution in [0.15, 0.2) is 36.5 Å². The van der Waals surface area contributed by atoms with Gasteiger partial charge >= 0.3 is 0 Å². The molecule has 0 bridgehead atoms. The van der Waals surface area contributed by atoms with Gasteiger partial charge in [0.15, 0.2) is 0 Å². The van der Waals surface area contributed by atoms with E-state index in [-0.39, 0.29) is 0 Å². The van der Waals surface area contributed by atoms with Crippen LogP contribution in [0.1, 0.15) is 11.6 Å². The minimum atomic E-state index is -2.42. The molecule has 2 rings (SSSR count). The number of rotatable bonds is 3. The number of benzene rings is 1. The van der Waals surface area contributed by atoms with Crippen LogP contribution in [-0.2, 0) is 0 Å². The Hall–Kier alpha value is -1.55. The van der Waals surface area contributed by atoms with Crippen molar-refractivity contribution < 1.29 is 8.78 Å². The molecule has 0 fully saturated rings. The number of halogens is 2. The van der Waals surface area contributed by atoms with E-state index in [1.54, 1.807) is 18.3 Å². The van der Waals surface area contributed by atoms with Crippen molar-refractivity contribution in [3.05, 3.63) is 42.1 Å². The summed E-state index contributed by atoms with van der Waals surface area (Å²) in [6, 6.07) is 8.00. The second-order valence-electron chi connectivity index (χ2n) is 3.56. The van der Waals surface area contributed by atoms with Crippen LogP contribution in [-0.4, -0.2) is 18.5 Å². The quantitative estimate of drug-likeness (QED) is 0.863. The highest BCUT2D eigenvalue weighted by atomic mass is 19.3. The highest BCUT2D eigenvalue weighted by Gasteiger charge is 2.20. The molecular formula is C12H12F2N2. The molecule has 0 saturated carbocycles. The van der Waals surface area contributed by atoms with Crippen molar-refractivity contribution in [1.82, 2.24) is 10.3 Å². The maximum Gasteiger partial charge on any atom is 0.257 e. The summed E-state index contributed by atoms with van der Waals surface area (Å²) in [5.74, 6) is 0. The molecule has 1 N–H and O–H groups in total. The van der Waals surface area contributed by atoms with E-state index in [2.05, 4.69) is 10.3 Å². The van der Waals surface area contributed by atoms with Crippen molar-refractivity contribution in [3.63, 3.8) is 0 Å². The first-order valence-corrected chi connectivity index (χ1v) is 5.02. The molecule has 1 heterocycles. The molecule has 0 aliphatic rings. The largest absolute Gasteiger partial charge is 0.308 e. The molecule has 0 spiro atoms. The van der Waals surface area contributed by atoms with Gasteiger partial charge in [-0.3, -0.25) is 4.98 Å². The lowest BCUT2D eigenvalue weighted by Crippen LogP contribution is -2.23. The highest BCUT2D eigenvalue weighted by molar-refractivity contribution is 5.78. The van der Waals surface area contributed by atoms with E-state index < -0.39 is 12.5 Å². The molecule has 0 saturated heterocycles. The summed E-state index contributed by atoms with van der Waals surface area (Å²) in [4.78, 5) is 4.15. The van der Waals surface area contributed by atoms with Crippen LogP contribution >= 0.6 is 0 Å². The second kappa shape index (κ2) is 4.53. The summed E-state index contributed by atoms with van der Waals surface area (Å²) in [6.07, 6.45) is -0.769. The first kappa shape index (κ1) is 11.0. The standard InChI is InChI=1S/C12H12F2N2/c1-15-11(12(13)14)9-5-4-8-3-2-6-16-10(8)7-9/h2-7,11-12,15H,1H3. The van der Waals surface area contributed by atoms with Gasteiger partial charge in [0.2, 0.25) is 0 Å². The predicted molar refractivity (Wildman–Crippen MR) is 59.5 cm³/mol. The first-order chi connectivity index (χ1) is 7.72. The molecular weight excluding hydrogens is 210 g/mol. The van der Waals surface area contributed by atoms with Crippen molar-refractivity contribution in [1.29, 1.82) is 0 Å². The molecule has 84 valence electrons. The minimum Gasteiger partial charge on any atom is -0.308 e. The Morgan fingerprint density at radius 2 is 2.06 bits per heavy atom. The normalized spacial score (nSPS) is 13.2. The fourth-order valence-electron chi connectivity index (χ4n) is 1.72. The zero-order valence-corrected chi connectivity index (χ0v) is 8.82. The first-order valence-electron chi connectivity index (χ1n) is 5.02. The predicted octanol–water partition coefficient (Wildman–Crippen LogP) is 2.76. The van der Waals surface area contributed by atoms with Crippen LogP contribution in [0.2, 0.25) is 0 Å². The van der Waals surface area contributed by atoms with Crippen LogP contribution in [0, 0.1) is 0 Å². The monoisotopic (exact) mass is 222 g/mol. The lowest BCUT2D eigenvalue weighted by Gasteiger charge is -2.15. The van der Waals surface area contributed by atoms with Crippen LogP contribution in [0.3, 0.4) is 0 Å². The second-order valence-corrected chi connectivity index (χ2v) is 3.56. The smallest absolute Gasteiger partial charge is 0.257 e. The SMILES string of the molecule is CNC(c1ccc2cccnc2c1)C(F)F. The summed E-state index contributed by atoms with van der Waals surface area (Å²) in [5, 5.41) is 3.56. The molecule has 2 nitrogen and oxygen atoms in total. The van der Waals surface area contributed by atoms with Gasteiger partial charge in [0, 0.05) is 11.6 Å². The number of alkyl halides is 2. The average molecular weight is 222 g/mol. The number of nitrogens with zero attached hydrogens (tertiary/aromatic N) is 1. The van der Waals surface area contributed by atoms with Crippen molar-refractivity contribution in [2.24, 2.45) is 0 Å². The van der Waals surface area contributed by atoms with E-state index >= 15 is 0 Å². The van der Waals surface area contributed by atoms with E-state index in [1.807, 2.05) is 18.2 Å². The Morgan fingerprint density at radius 3 is 2.75 bits per heavy atom. The molecule has 0 amide bonds. The van der Waals surface area contributed by atoms with Gasteiger partial charge < -0.3 is 5.32 Å². The maximum atomic E-state index is 12.7. The van der Waals surface area contributed by atoms with Gasteiger partial charge in [-0.2, -0.15) is 0 Å². The third-order valence-corrected chi connectivity index (χ3v) is 2.55. The number of fused-ring (bicyclic) bond motifs is 1. The van der Waals surface area contributed by atoms with Crippen LogP contribution in [0.25, 0.3) is 10.9 Å². The minimum absolute atomic E-state index is 0.559. The summed E-state index contributed by atoms with van der Waals surface area (Å²) in [5.41, 5.74) is 1.30. The van der Waals surface area contributed by atoms with Gasteiger partial charge in [0.1, 0.15) is 0 Å². The Morgan fingerprint density at radius 1 is 1.25 bits per heavy atom. The number of nitrogens with one attached hydrogen (secondary N) is 1. The van der Waals surface area contributed by atoms with E-state index in [4.69, 9.17) is 0 Å². The van der Waals surface area contributed by atoms with Crippen molar-refractivity contribution >= 4 is 10.9 Å². The number of pyridine rings is 1. The topological polar surface area (TPSA) is 24.9 Å². The summed E-state index contributed by atoms with van der Waals surface area (Å²) < 4.78 is 25.4.